The molecule has 1 rings (SSSR count). The van der Waals surface area contributed by atoms with Gasteiger partial charge in [-0.05, 0) is 0 Å². The van der Waals surface area contributed by atoms with Crippen LogP contribution in [0.4, 0.5) is 5.69 Å². The number of anilines is 1. The first-order valence-electron chi connectivity index (χ1n) is 4.16. The summed E-state index contributed by atoms with van der Waals surface area (Å²) >= 11 is 0. The highest BCUT2D eigenvalue weighted by atomic mass is 16.2. The van der Waals surface area contributed by atoms with E-state index in [-0.39, 0.29) is 5.91 Å². The molecule has 3 nitrogen and oxygen atoms in total. The van der Waals surface area contributed by atoms with Crippen molar-refractivity contribution in [3.8, 4) is 0 Å². The lowest BCUT2D eigenvalue weighted by Crippen LogP contribution is -2.41. The smallest absolute Gasteiger partial charge is 0.223 e. The van der Waals surface area contributed by atoms with Gasteiger partial charge in [-0.1, -0.05) is 23.2 Å². The Kier molecular flexibility index (Phi) is 3.17. The number of hydrogen-bond acceptors (Lipinski definition) is 2. The molecule has 0 spiro atoms. The van der Waals surface area contributed by atoms with Crippen molar-refractivity contribution in [2.45, 2.75) is 6.92 Å². The Morgan fingerprint density at radius 1 is 1.23 bits per heavy atom. The van der Waals surface area contributed by atoms with Crippen molar-refractivity contribution in [3.05, 3.63) is 30.3 Å². The van der Waals surface area contributed by atoms with E-state index in [9.17, 15) is 4.79 Å². The summed E-state index contributed by atoms with van der Waals surface area (Å²) in [5.74, 6) is 0.0104. The molecule has 0 saturated heterocycles. The quantitative estimate of drug-likeness (QED) is 0.506. The van der Waals surface area contributed by atoms with Crippen LogP contribution in [0.25, 0.3) is 0 Å². The van der Waals surface area contributed by atoms with Gasteiger partial charge in [-0.25, -0.2) is 4.79 Å². The zero-order valence-corrected chi connectivity index (χ0v) is 8.19. The van der Waals surface area contributed by atoms with Gasteiger partial charge in [-0.2, -0.15) is 0 Å². The first kappa shape index (κ1) is 9.89. The molecule has 0 saturated carbocycles. The number of rotatable bonds is 2. The predicted molar refractivity (Wildman–Crippen MR) is 52.6 cm³/mol. The van der Waals surface area contributed by atoms with Crippen LogP contribution in [-0.2, 0) is 4.79 Å². The Labute approximate surface area is 78.5 Å². The summed E-state index contributed by atoms with van der Waals surface area (Å²) in [5.41, 5.74) is 0.889. The second-order valence-electron chi connectivity index (χ2n) is 3.01. The van der Waals surface area contributed by atoms with Gasteiger partial charge in [-0.15, -0.1) is 0 Å². The largest absolute Gasteiger partial charge is 0.385 e. The predicted octanol–water partition coefficient (Wildman–Crippen LogP) is 1.48. The molecule has 13 heavy (non-hydrogen) atoms. The molecule has 0 heterocycles. The lowest BCUT2D eigenvalue weighted by Gasteiger charge is -2.11. The van der Waals surface area contributed by atoms with Gasteiger partial charge in [0.15, 0.2) is 0 Å². The third-order valence-corrected chi connectivity index (χ3v) is 1.70. The molecule has 3 heteroatoms. The van der Waals surface area contributed by atoms with Crippen LogP contribution in [0.15, 0.2) is 30.3 Å². The van der Waals surface area contributed by atoms with Crippen molar-refractivity contribution < 1.29 is 4.79 Å². The van der Waals surface area contributed by atoms with E-state index in [4.69, 9.17) is 0 Å². The Hall–Kier alpha value is -1.19. The molecule has 0 N–H and O–H groups in total. The van der Waals surface area contributed by atoms with Crippen molar-refractivity contribution in [3.63, 3.8) is 0 Å². The molecule has 0 fully saturated rings. The van der Waals surface area contributed by atoms with Crippen molar-refractivity contribution in [1.82, 2.24) is 10.0 Å². The molecule has 1 radical (unpaired) electrons. The van der Waals surface area contributed by atoms with Crippen molar-refractivity contribution in [1.29, 1.82) is 0 Å². The topological polar surface area (TPSA) is 26.2 Å². The van der Waals surface area contributed by atoms with Gasteiger partial charge in [0.05, 0.1) is 6.92 Å². The maximum atomic E-state index is 11.3. The van der Waals surface area contributed by atoms with Crippen LogP contribution in [0, 0.1) is 0 Å². The summed E-state index contributed by atoms with van der Waals surface area (Å²) in [4.78, 5) is 11.3. The van der Waals surface area contributed by atoms with Crippen LogP contribution in [0.5, 0.6) is 0 Å². The van der Waals surface area contributed by atoms with E-state index in [2.05, 4.69) is 0 Å². The van der Waals surface area contributed by atoms with Gasteiger partial charge in [0.2, 0.25) is 5.69 Å². The number of benzene rings is 1. The zero-order valence-electron chi connectivity index (χ0n) is 8.19. The Bertz CT molecular complexity index is 282. The van der Waals surface area contributed by atoms with E-state index in [1.165, 1.54) is 0 Å². The standard InChI is InChI=1S/C10H14N2O/c1-9(13)12(11(2)3)10-7-5-4-6-8-10/h4-8H,1-3H3/q+1. The molecule has 0 aliphatic heterocycles. The summed E-state index contributed by atoms with van der Waals surface area (Å²) in [6.07, 6.45) is 0. The molecule has 0 bridgehead atoms. The Morgan fingerprint density at radius 2 is 1.77 bits per heavy atom. The Balaban J connectivity index is 2.96. The number of carbonyl (C=O) groups is 1. The molecular formula is C10H14N2O+. The fourth-order valence-corrected chi connectivity index (χ4v) is 1.26. The number of para-hydroxylation sites is 1. The van der Waals surface area contributed by atoms with E-state index in [1.54, 1.807) is 16.9 Å². The minimum atomic E-state index is 0.0104. The van der Waals surface area contributed by atoms with Crippen molar-refractivity contribution in [2.24, 2.45) is 0 Å². The molecule has 1 amide bonds. The van der Waals surface area contributed by atoms with Gasteiger partial charge in [0.25, 0.3) is 0 Å². The second-order valence-corrected chi connectivity index (χ2v) is 3.01. The highest BCUT2D eigenvalue weighted by Crippen LogP contribution is 2.13. The minimum Gasteiger partial charge on any atom is -0.223 e. The second kappa shape index (κ2) is 4.16. The minimum absolute atomic E-state index is 0.0104. The fraction of sp³-hybridized carbons (Fsp3) is 0.300. The van der Waals surface area contributed by atoms with Crippen LogP contribution in [0.2, 0.25) is 0 Å². The normalized spacial score (nSPS) is 10.8. The first-order valence-corrected chi connectivity index (χ1v) is 4.16. The highest BCUT2D eigenvalue weighted by Gasteiger charge is 2.27. The third-order valence-electron chi connectivity index (χ3n) is 1.70. The van der Waals surface area contributed by atoms with Gasteiger partial charge in [0, 0.05) is 31.2 Å². The molecule has 0 atom stereocenters. The van der Waals surface area contributed by atoms with E-state index in [0.29, 0.717) is 0 Å². The molecule has 1 aromatic rings. The lowest BCUT2D eigenvalue weighted by atomic mass is 10.3. The van der Waals surface area contributed by atoms with E-state index < -0.39 is 0 Å². The van der Waals surface area contributed by atoms with E-state index in [0.717, 1.165) is 5.69 Å². The summed E-state index contributed by atoms with van der Waals surface area (Å²) in [6.45, 7) is 1.55. The molecule has 0 aromatic heterocycles. The van der Waals surface area contributed by atoms with Gasteiger partial charge < -0.3 is 0 Å². The SMILES string of the molecule is CC(=O)[N+](c1ccccc1)N(C)C. The fourth-order valence-electron chi connectivity index (χ4n) is 1.26. The summed E-state index contributed by atoms with van der Waals surface area (Å²) in [5, 5.41) is 3.37. The van der Waals surface area contributed by atoms with Crippen LogP contribution < -0.4 is 5.01 Å². The number of nitrogens with zero attached hydrogens (tertiary/aromatic N) is 2. The highest BCUT2D eigenvalue weighted by molar-refractivity contribution is 5.81. The average Bonchev–Trinajstić information content (AvgIpc) is 2.04. The zero-order chi connectivity index (χ0) is 9.84. The van der Waals surface area contributed by atoms with Crippen LogP contribution in [-0.4, -0.2) is 25.0 Å². The average molecular weight is 178 g/mol. The monoisotopic (exact) mass is 178 g/mol. The summed E-state index contributed by atoms with van der Waals surface area (Å²) < 4.78 is 0. The number of hydrogen-bond donors (Lipinski definition) is 0. The van der Waals surface area contributed by atoms with E-state index in [1.807, 2.05) is 44.4 Å². The van der Waals surface area contributed by atoms with Crippen LogP contribution in [0.1, 0.15) is 6.92 Å². The van der Waals surface area contributed by atoms with Gasteiger partial charge in [0.1, 0.15) is 0 Å². The molecule has 69 valence electrons. The Morgan fingerprint density at radius 3 is 2.15 bits per heavy atom. The molecule has 0 aliphatic carbocycles. The van der Waals surface area contributed by atoms with Crippen LogP contribution in [0.3, 0.4) is 0 Å². The number of amides is 1. The maximum absolute atomic E-state index is 11.3. The molecular weight excluding hydrogens is 164 g/mol. The molecule has 1 aromatic carbocycles. The number of hydrazine groups is 1. The van der Waals surface area contributed by atoms with Crippen LogP contribution >= 0.6 is 0 Å². The summed E-state index contributed by atoms with van der Waals surface area (Å²) in [7, 11) is 3.68. The van der Waals surface area contributed by atoms with Gasteiger partial charge in [-0.3, -0.25) is 0 Å². The molecule has 0 aliphatic rings. The first-order chi connectivity index (χ1) is 6.13. The lowest BCUT2D eigenvalue weighted by molar-refractivity contribution is -0.127. The van der Waals surface area contributed by atoms with Gasteiger partial charge >= 0.3 is 5.91 Å². The van der Waals surface area contributed by atoms with E-state index >= 15 is 0 Å². The maximum Gasteiger partial charge on any atom is 0.385 e. The number of carbonyl (C=O) groups excluding carboxylic acids is 1. The van der Waals surface area contributed by atoms with Crippen molar-refractivity contribution in [2.75, 3.05) is 14.1 Å². The third kappa shape index (κ3) is 2.37. The summed E-state index contributed by atoms with van der Waals surface area (Å²) in [6, 6.07) is 9.56. The van der Waals surface area contributed by atoms with Crippen molar-refractivity contribution >= 4 is 11.6 Å². The molecule has 0 unspecified atom stereocenters.